The molecule has 5 nitrogen and oxygen atoms in total. The minimum absolute atomic E-state index is 0.0843. The van der Waals surface area contributed by atoms with E-state index in [1.165, 1.54) is 6.20 Å². The van der Waals surface area contributed by atoms with Crippen LogP contribution in [0.3, 0.4) is 0 Å². The molecular weight excluding hydrogens is 338 g/mol. The summed E-state index contributed by atoms with van der Waals surface area (Å²) in [6.45, 7) is 8.66. The molecule has 1 aliphatic rings. The van der Waals surface area contributed by atoms with Crippen molar-refractivity contribution in [2.45, 2.75) is 57.9 Å². The Hall–Kier alpha value is -2.71. The maximum Gasteiger partial charge on any atom is 0.254 e. The van der Waals surface area contributed by atoms with E-state index in [4.69, 9.17) is 10.00 Å². The number of rotatable bonds is 4. The summed E-state index contributed by atoms with van der Waals surface area (Å²) in [7, 11) is 0. The fourth-order valence-corrected chi connectivity index (χ4v) is 3.91. The van der Waals surface area contributed by atoms with Gasteiger partial charge in [0.1, 0.15) is 11.8 Å². The van der Waals surface area contributed by atoms with Gasteiger partial charge in [0.05, 0.1) is 17.2 Å². The minimum Gasteiger partial charge on any atom is -0.367 e. The van der Waals surface area contributed by atoms with Gasteiger partial charge in [-0.1, -0.05) is 30.3 Å². The maximum atomic E-state index is 13.4. The molecule has 5 heteroatoms. The standard InChI is InChI=1S/C22H25N3O2/c1-21(2)13-19(22(3,4)27-21)25(15-16-8-6-5-7-9-16)20(26)17-10-11-24-18(12-17)14-23/h5-12,19H,13,15H2,1-4H3. The molecule has 2 aromatic rings. The molecule has 140 valence electrons. The molecule has 0 spiro atoms. The second-order valence-corrected chi connectivity index (χ2v) is 8.15. The number of benzene rings is 1. The largest absolute Gasteiger partial charge is 0.367 e. The lowest BCUT2D eigenvalue weighted by Gasteiger charge is -2.36. The van der Waals surface area contributed by atoms with Crippen LogP contribution < -0.4 is 0 Å². The first kappa shape index (κ1) is 19.1. The summed E-state index contributed by atoms with van der Waals surface area (Å²) in [5.74, 6) is -0.114. The van der Waals surface area contributed by atoms with Crippen LogP contribution in [0.4, 0.5) is 0 Å². The van der Waals surface area contributed by atoms with E-state index in [0.717, 1.165) is 12.0 Å². The Labute approximate surface area is 160 Å². The zero-order valence-corrected chi connectivity index (χ0v) is 16.3. The van der Waals surface area contributed by atoms with Crippen LogP contribution in [0, 0.1) is 11.3 Å². The van der Waals surface area contributed by atoms with Crippen molar-refractivity contribution in [3.63, 3.8) is 0 Å². The highest BCUT2D eigenvalue weighted by Gasteiger charge is 2.49. The van der Waals surface area contributed by atoms with E-state index >= 15 is 0 Å². The van der Waals surface area contributed by atoms with Crippen molar-refractivity contribution >= 4 is 5.91 Å². The van der Waals surface area contributed by atoms with E-state index in [1.807, 2.05) is 55.1 Å². The summed E-state index contributed by atoms with van der Waals surface area (Å²) in [6.07, 6.45) is 2.25. The van der Waals surface area contributed by atoms with E-state index in [9.17, 15) is 4.79 Å². The molecular formula is C22H25N3O2. The van der Waals surface area contributed by atoms with Crippen LogP contribution in [0.15, 0.2) is 48.7 Å². The average molecular weight is 363 g/mol. The Kier molecular flexibility index (Phi) is 5.03. The van der Waals surface area contributed by atoms with Gasteiger partial charge in [-0.25, -0.2) is 4.98 Å². The van der Waals surface area contributed by atoms with Crippen LogP contribution in [-0.2, 0) is 11.3 Å². The summed E-state index contributed by atoms with van der Waals surface area (Å²) in [6, 6.07) is 15.1. The third-order valence-corrected chi connectivity index (χ3v) is 4.98. The van der Waals surface area contributed by atoms with Crippen LogP contribution in [0.5, 0.6) is 0 Å². The molecule has 1 amide bonds. The number of amides is 1. The number of ether oxygens (including phenoxy) is 1. The zero-order chi connectivity index (χ0) is 19.7. The average Bonchev–Trinajstić information content (AvgIpc) is 2.87. The van der Waals surface area contributed by atoms with Gasteiger partial charge in [0.2, 0.25) is 0 Å². The molecule has 3 rings (SSSR count). The van der Waals surface area contributed by atoms with Crippen LogP contribution in [-0.4, -0.2) is 33.0 Å². The highest BCUT2D eigenvalue weighted by atomic mass is 16.5. The first-order chi connectivity index (χ1) is 12.7. The topological polar surface area (TPSA) is 66.2 Å². The van der Waals surface area contributed by atoms with Crippen LogP contribution in [0.1, 0.15) is 55.7 Å². The van der Waals surface area contributed by atoms with Crippen molar-refractivity contribution in [1.29, 1.82) is 5.26 Å². The summed E-state index contributed by atoms with van der Waals surface area (Å²) >= 11 is 0. The molecule has 0 saturated carbocycles. The number of carbonyl (C=O) groups is 1. The number of hydrogen-bond donors (Lipinski definition) is 0. The van der Waals surface area contributed by atoms with Crippen LogP contribution in [0.2, 0.25) is 0 Å². The molecule has 0 radical (unpaired) electrons. The molecule has 0 N–H and O–H groups in total. The first-order valence-electron chi connectivity index (χ1n) is 9.13. The highest BCUT2D eigenvalue weighted by molar-refractivity contribution is 5.94. The number of hydrogen-bond acceptors (Lipinski definition) is 4. The highest BCUT2D eigenvalue weighted by Crippen LogP contribution is 2.41. The van der Waals surface area contributed by atoms with Gasteiger partial charge in [-0.05, 0) is 51.8 Å². The molecule has 0 aliphatic carbocycles. The Bertz CT molecular complexity index is 869. The van der Waals surface area contributed by atoms with Crippen molar-refractivity contribution in [1.82, 2.24) is 9.88 Å². The quantitative estimate of drug-likeness (QED) is 0.825. The van der Waals surface area contributed by atoms with E-state index in [0.29, 0.717) is 12.1 Å². The van der Waals surface area contributed by atoms with Gasteiger partial charge < -0.3 is 9.64 Å². The lowest BCUT2D eigenvalue weighted by atomic mass is 9.92. The summed E-state index contributed by atoms with van der Waals surface area (Å²) in [5.41, 5.74) is 0.986. The number of nitriles is 1. The Morgan fingerprint density at radius 3 is 2.56 bits per heavy atom. The van der Waals surface area contributed by atoms with Crippen molar-refractivity contribution in [3.8, 4) is 6.07 Å². The maximum absolute atomic E-state index is 13.4. The summed E-state index contributed by atoms with van der Waals surface area (Å²) in [4.78, 5) is 19.3. The van der Waals surface area contributed by atoms with Crippen LogP contribution >= 0.6 is 0 Å². The molecule has 27 heavy (non-hydrogen) atoms. The molecule has 1 fully saturated rings. The zero-order valence-electron chi connectivity index (χ0n) is 16.3. The molecule has 1 saturated heterocycles. The molecule has 1 atom stereocenters. The Balaban J connectivity index is 1.99. The van der Waals surface area contributed by atoms with Gasteiger partial charge in [0, 0.05) is 18.3 Å². The third-order valence-electron chi connectivity index (χ3n) is 4.98. The lowest BCUT2D eigenvalue weighted by molar-refractivity contribution is -0.0785. The fraction of sp³-hybridized carbons (Fsp3) is 0.409. The second kappa shape index (κ2) is 7.13. The van der Waals surface area contributed by atoms with Crippen molar-refractivity contribution in [2.24, 2.45) is 0 Å². The number of aromatic nitrogens is 1. The molecule has 1 aromatic carbocycles. The summed E-state index contributed by atoms with van der Waals surface area (Å²) < 4.78 is 6.24. The SMILES string of the molecule is CC1(C)CC(N(Cc2ccccc2)C(=O)c2ccnc(C#N)c2)C(C)(C)O1. The predicted molar refractivity (Wildman–Crippen MR) is 103 cm³/mol. The predicted octanol–water partition coefficient (Wildman–Crippen LogP) is 3.94. The number of nitrogens with zero attached hydrogens (tertiary/aromatic N) is 3. The Morgan fingerprint density at radius 1 is 1.26 bits per heavy atom. The monoisotopic (exact) mass is 363 g/mol. The third kappa shape index (κ3) is 4.17. The molecule has 1 aliphatic heterocycles. The van der Waals surface area contributed by atoms with Gasteiger partial charge >= 0.3 is 0 Å². The minimum atomic E-state index is -0.473. The van der Waals surface area contributed by atoms with Gasteiger partial charge in [-0.3, -0.25) is 4.79 Å². The van der Waals surface area contributed by atoms with Gasteiger partial charge in [-0.2, -0.15) is 5.26 Å². The smallest absolute Gasteiger partial charge is 0.254 e. The van der Waals surface area contributed by atoms with E-state index in [1.54, 1.807) is 12.1 Å². The van der Waals surface area contributed by atoms with Crippen molar-refractivity contribution in [2.75, 3.05) is 0 Å². The van der Waals surface area contributed by atoms with Gasteiger partial charge in [0.25, 0.3) is 5.91 Å². The van der Waals surface area contributed by atoms with E-state index < -0.39 is 5.60 Å². The van der Waals surface area contributed by atoms with Gasteiger partial charge in [0.15, 0.2) is 0 Å². The lowest BCUT2D eigenvalue weighted by Crippen LogP contribution is -2.49. The molecule has 1 aromatic heterocycles. The van der Waals surface area contributed by atoms with E-state index in [-0.39, 0.29) is 23.2 Å². The van der Waals surface area contributed by atoms with Gasteiger partial charge in [-0.15, -0.1) is 0 Å². The Morgan fingerprint density at radius 2 is 1.96 bits per heavy atom. The molecule has 2 heterocycles. The first-order valence-corrected chi connectivity index (χ1v) is 9.13. The second-order valence-electron chi connectivity index (χ2n) is 8.15. The number of carbonyl (C=O) groups excluding carboxylic acids is 1. The van der Waals surface area contributed by atoms with E-state index in [2.05, 4.69) is 18.8 Å². The fourth-order valence-electron chi connectivity index (χ4n) is 3.91. The number of pyridine rings is 1. The molecule has 0 bridgehead atoms. The van der Waals surface area contributed by atoms with Crippen molar-refractivity contribution < 1.29 is 9.53 Å². The van der Waals surface area contributed by atoms with Crippen molar-refractivity contribution in [3.05, 3.63) is 65.5 Å². The van der Waals surface area contributed by atoms with Crippen LogP contribution in [0.25, 0.3) is 0 Å². The summed E-state index contributed by atoms with van der Waals surface area (Å²) in [5, 5.41) is 9.12. The molecule has 1 unspecified atom stereocenters. The normalized spacial score (nSPS) is 20.0.